The summed E-state index contributed by atoms with van der Waals surface area (Å²) in [6.45, 7) is 13.9. The van der Waals surface area contributed by atoms with E-state index in [9.17, 15) is 19.5 Å². The zero-order valence-electron chi connectivity index (χ0n) is 24.7. The van der Waals surface area contributed by atoms with Crippen molar-refractivity contribution in [1.29, 1.82) is 0 Å². The third kappa shape index (κ3) is 6.14. The Bertz CT molecular complexity index is 1100. The van der Waals surface area contributed by atoms with Gasteiger partial charge >= 0.3 is 0 Å². The van der Waals surface area contributed by atoms with Crippen molar-refractivity contribution in [1.82, 2.24) is 14.7 Å². The highest BCUT2D eigenvalue weighted by Crippen LogP contribution is 2.66. The number of carbonyl (C=O) groups excluding carboxylic acids is 3. The SMILES string of the molecule is C=CCN(Cc1ccccc1)C(=O)[C@@H]1[C@H]2C(=O)N(CCCCCO)C(C(=O)N(CC=C)C(C)CCC)C23CC[C@H]1S3. The van der Waals surface area contributed by atoms with E-state index in [0.29, 0.717) is 39.0 Å². The van der Waals surface area contributed by atoms with Crippen LogP contribution in [0.1, 0.15) is 64.4 Å². The van der Waals surface area contributed by atoms with Crippen LogP contribution in [0.15, 0.2) is 55.6 Å². The first kappa shape index (κ1) is 31.4. The molecule has 1 aromatic carbocycles. The summed E-state index contributed by atoms with van der Waals surface area (Å²) < 4.78 is -0.603. The van der Waals surface area contributed by atoms with Gasteiger partial charge in [-0.25, -0.2) is 0 Å². The standard InChI is InChI=1S/C33H47N3O4S/c1-5-14-24(4)35(20-7-3)32(40)29-33-18-17-26(41-33)27(28(33)31(39)36(29)21-12-9-13-22-37)30(38)34(19-6-2)23-25-15-10-8-11-16-25/h6-8,10-11,15-16,24,26-29,37H,2-3,5,9,12-14,17-23H2,1,4H3/t24?,26-,27+,28+,29?,33?/m1/s1. The molecule has 3 heterocycles. The number of aliphatic hydroxyl groups is 1. The van der Waals surface area contributed by atoms with Crippen LogP contribution in [0.3, 0.4) is 0 Å². The number of carbonyl (C=O) groups is 3. The smallest absolute Gasteiger partial charge is 0.247 e. The van der Waals surface area contributed by atoms with Gasteiger partial charge < -0.3 is 19.8 Å². The number of aliphatic hydroxyl groups excluding tert-OH is 1. The second-order valence-corrected chi connectivity index (χ2v) is 13.4. The first-order chi connectivity index (χ1) is 19.8. The van der Waals surface area contributed by atoms with Crippen molar-refractivity contribution in [3.63, 3.8) is 0 Å². The second kappa shape index (κ2) is 14.1. The molecule has 0 saturated carbocycles. The molecular formula is C33H47N3O4S. The van der Waals surface area contributed by atoms with Crippen LogP contribution in [0.5, 0.6) is 0 Å². The quantitative estimate of drug-likeness (QED) is 0.227. The van der Waals surface area contributed by atoms with E-state index in [-0.39, 0.29) is 35.6 Å². The Labute approximate surface area is 250 Å². The van der Waals surface area contributed by atoms with E-state index in [1.54, 1.807) is 23.9 Å². The maximum absolute atomic E-state index is 14.5. The number of hydrogen-bond acceptors (Lipinski definition) is 5. The van der Waals surface area contributed by atoms with Crippen molar-refractivity contribution in [2.75, 3.05) is 26.2 Å². The lowest BCUT2D eigenvalue weighted by Crippen LogP contribution is -2.56. The Kier molecular flexibility index (Phi) is 10.8. The number of unbranched alkanes of at least 4 members (excludes halogenated alkanes) is 2. The van der Waals surface area contributed by atoms with Crippen LogP contribution in [-0.4, -0.2) is 85.8 Å². The van der Waals surface area contributed by atoms with Crippen LogP contribution >= 0.6 is 11.8 Å². The van der Waals surface area contributed by atoms with Crippen molar-refractivity contribution < 1.29 is 19.5 Å². The fourth-order valence-electron chi connectivity index (χ4n) is 7.29. The zero-order valence-corrected chi connectivity index (χ0v) is 25.6. The minimum atomic E-state index is -0.603. The van der Waals surface area contributed by atoms with Crippen molar-refractivity contribution in [3.8, 4) is 0 Å². The molecular weight excluding hydrogens is 534 g/mol. The molecule has 3 aliphatic heterocycles. The Hall–Kier alpha value is -2.58. The van der Waals surface area contributed by atoms with Gasteiger partial charge in [-0.05, 0) is 51.0 Å². The van der Waals surface area contributed by atoms with Crippen molar-refractivity contribution in [2.45, 2.75) is 87.4 Å². The molecule has 1 spiro atoms. The highest BCUT2D eigenvalue weighted by Gasteiger charge is 2.74. The fraction of sp³-hybridized carbons (Fsp3) is 0.606. The number of amides is 3. The number of rotatable bonds is 16. The van der Waals surface area contributed by atoms with Gasteiger partial charge in [-0.1, -0.05) is 55.8 Å². The van der Waals surface area contributed by atoms with Gasteiger partial charge in [0.1, 0.15) is 6.04 Å². The molecule has 1 N–H and O–H groups in total. The molecule has 8 heteroatoms. The van der Waals surface area contributed by atoms with Crippen molar-refractivity contribution >= 4 is 29.5 Å². The van der Waals surface area contributed by atoms with E-state index in [1.165, 1.54) is 0 Å². The number of benzene rings is 1. The number of fused-ring (bicyclic) bond motifs is 1. The summed E-state index contributed by atoms with van der Waals surface area (Å²) in [6, 6.07) is 9.35. The summed E-state index contributed by atoms with van der Waals surface area (Å²) in [6.07, 6.45) is 9.09. The predicted octanol–water partition coefficient (Wildman–Crippen LogP) is 4.66. The molecule has 41 heavy (non-hydrogen) atoms. The minimum absolute atomic E-state index is 0.0122. The van der Waals surface area contributed by atoms with Crippen LogP contribution in [0.2, 0.25) is 0 Å². The van der Waals surface area contributed by atoms with Crippen LogP contribution in [0.25, 0.3) is 0 Å². The summed E-state index contributed by atoms with van der Waals surface area (Å²) in [5, 5.41) is 9.32. The summed E-state index contributed by atoms with van der Waals surface area (Å²) in [4.78, 5) is 48.7. The molecule has 3 aliphatic rings. The maximum atomic E-state index is 14.5. The first-order valence-corrected chi connectivity index (χ1v) is 16.2. The minimum Gasteiger partial charge on any atom is -0.396 e. The lowest BCUT2D eigenvalue weighted by atomic mass is 9.70. The van der Waals surface area contributed by atoms with Gasteiger partial charge in [-0.15, -0.1) is 24.9 Å². The molecule has 6 atom stereocenters. The molecule has 3 unspecified atom stereocenters. The summed E-state index contributed by atoms with van der Waals surface area (Å²) >= 11 is 1.73. The average Bonchev–Trinajstić information content (AvgIpc) is 3.61. The summed E-state index contributed by atoms with van der Waals surface area (Å²) in [7, 11) is 0. The lowest BCUT2D eigenvalue weighted by molar-refractivity contribution is -0.145. The monoisotopic (exact) mass is 581 g/mol. The van der Waals surface area contributed by atoms with Crippen LogP contribution in [0.4, 0.5) is 0 Å². The second-order valence-electron chi connectivity index (χ2n) is 11.8. The van der Waals surface area contributed by atoms with E-state index >= 15 is 0 Å². The molecule has 3 fully saturated rings. The molecule has 224 valence electrons. The number of likely N-dealkylation sites (tertiary alicyclic amines) is 1. The Morgan fingerprint density at radius 3 is 2.54 bits per heavy atom. The fourth-order valence-corrected chi connectivity index (χ4v) is 9.49. The molecule has 0 aliphatic carbocycles. The maximum Gasteiger partial charge on any atom is 0.247 e. The Morgan fingerprint density at radius 1 is 1.15 bits per heavy atom. The number of thioether (sulfide) groups is 1. The highest BCUT2D eigenvalue weighted by atomic mass is 32.2. The topological polar surface area (TPSA) is 81.2 Å². The van der Waals surface area contributed by atoms with Crippen molar-refractivity contribution in [2.24, 2.45) is 11.8 Å². The van der Waals surface area contributed by atoms with E-state index in [2.05, 4.69) is 27.0 Å². The van der Waals surface area contributed by atoms with Crippen LogP contribution in [-0.2, 0) is 20.9 Å². The van der Waals surface area contributed by atoms with Crippen LogP contribution in [0, 0.1) is 11.8 Å². The predicted molar refractivity (Wildman–Crippen MR) is 165 cm³/mol. The van der Waals surface area contributed by atoms with Crippen LogP contribution < -0.4 is 0 Å². The van der Waals surface area contributed by atoms with Gasteiger partial charge in [0.05, 0.1) is 16.6 Å². The summed E-state index contributed by atoms with van der Waals surface area (Å²) in [5.74, 6) is -1.05. The third-order valence-electron chi connectivity index (χ3n) is 9.10. The van der Waals surface area contributed by atoms with Gasteiger partial charge in [0.15, 0.2) is 0 Å². The third-order valence-corrected chi connectivity index (χ3v) is 11.1. The van der Waals surface area contributed by atoms with Gasteiger partial charge in [0, 0.05) is 44.1 Å². The van der Waals surface area contributed by atoms with E-state index in [0.717, 1.165) is 37.7 Å². The molecule has 7 nitrogen and oxygen atoms in total. The highest BCUT2D eigenvalue weighted by molar-refractivity contribution is 8.02. The molecule has 0 radical (unpaired) electrons. The number of nitrogens with zero attached hydrogens (tertiary/aromatic N) is 3. The Morgan fingerprint density at radius 2 is 1.88 bits per heavy atom. The van der Waals surface area contributed by atoms with Gasteiger partial charge in [0.25, 0.3) is 0 Å². The number of hydrogen-bond donors (Lipinski definition) is 1. The largest absolute Gasteiger partial charge is 0.396 e. The lowest BCUT2D eigenvalue weighted by Gasteiger charge is -2.39. The normalized spacial score (nSPS) is 27.0. The zero-order chi connectivity index (χ0) is 29.6. The molecule has 3 amide bonds. The molecule has 3 saturated heterocycles. The average molecular weight is 582 g/mol. The van der Waals surface area contributed by atoms with Gasteiger partial charge in [-0.3, -0.25) is 14.4 Å². The molecule has 4 rings (SSSR count). The Balaban J connectivity index is 1.68. The first-order valence-electron chi connectivity index (χ1n) is 15.3. The summed E-state index contributed by atoms with van der Waals surface area (Å²) in [5.41, 5.74) is 1.04. The van der Waals surface area contributed by atoms with Crippen molar-refractivity contribution in [3.05, 3.63) is 61.2 Å². The van der Waals surface area contributed by atoms with E-state index in [1.807, 2.05) is 45.0 Å². The van der Waals surface area contributed by atoms with Gasteiger partial charge in [-0.2, -0.15) is 0 Å². The van der Waals surface area contributed by atoms with E-state index in [4.69, 9.17) is 0 Å². The molecule has 0 aromatic heterocycles. The molecule has 1 aromatic rings. The van der Waals surface area contributed by atoms with E-state index < -0.39 is 22.6 Å². The van der Waals surface area contributed by atoms with Gasteiger partial charge in [0.2, 0.25) is 17.7 Å². The molecule has 2 bridgehead atoms.